The van der Waals surface area contributed by atoms with Gasteiger partial charge in [0.2, 0.25) is 23.0 Å². The van der Waals surface area contributed by atoms with Gasteiger partial charge in [0, 0.05) is 75.6 Å². The number of amides is 3. The number of carbonyl (C=O) groups is 11. The van der Waals surface area contributed by atoms with E-state index in [1.165, 1.54) is 48.2 Å². The minimum atomic E-state index is -1.06. The number of methoxy groups -OCH3 is 4. The molecule has 1 unspecified atom stereocenters. The van der Waals surface area contributed by atoms with Gasteiger partial charge in [0.05, 0.1) is 63.0 Å². The molecule has 0 radical (unpaired) electrons. The van der Waals surface area contributed by atoms with Gasteiger partial charge in [-0.3, -0.25) is 43.1 Å². The van der Waals surface area contributed by atoms with E-state index in [9.17, 15) is 57.8 Å². The van der Waals surface area contributed by atoms with Crippen molar-refractivity contribution in [2.45, 2.75) is 126 Å². The Kier molecular flexibility index (Phi) is 46.1. The number of ketones is 3. The molecule has 4 aromatic carbocycles. The number of esters is 4. The van der Waals surface area contributed by atoms with Crippen molar-refractivity contribution in [2.24, 2.45) is 10.7 Å². The Bertz CT molecular complexity index is 2940. The molecule has 1 saturated heterocycles. The number of fused-ring (bicyclic) bond motifs is 2. The van der Waals surface area contributed by atoms with Crippen molar-refractivity contribution in [2.75, 3.05) is 70.4 Å². The van der Waals surface area contributed by atoms with Crippen molar-refractivity contribution in [3.05, 3.63) is 117 Å². The van der Waals surface area contributed by atoms with Crippen LogP contribution in [0.5, 0.6) is 0 Å². The molecular formula is C62H86ClLiN5O18P. The zero-order chi connectivity index (χ0) is 65.0. The Balaban J connectivity index is -0.000000481. The van der Waals surface area contributed by atoms with Crippen LogP contribution in [0, 0.1) is 33.6 Å². The van der Waals surface area contributed by atoms with Crippen LogP contribution < -0.4 is 45.7 Å². The number of nitrogen functional groups attached to an aromatic ring is 1. The molecule has 26 heteroatoms. The third-order valence-electron chi connectivity index (χ3n) is 11.0. The molecule has 7 N–H and O–H groups in total. The molecular weight excluding hydrogens is 1180 g/mol. The predicted octanol–water partition coefficient (Wildman–Crippen LogP) is 6.08. The zero-order valence-electron chi connectivity index (χ0n) is 52.1. The molecule has 3 aliphatic heterocycles. The monoisotopic (exact) mass is 1260 g/mol. The summed E-state index contributed by atoms with van der Waals surface area (Å²) < 4.78 is 26.5. The summed E-state index contributed by atoms with van der Waals surface area (Å²) in [5, 5.41) is 17.6. The van der Waals surface area contributed by atoms with Crippen LogP contribution in [0.25, 0.3) is 0 Å². The number of halogens is 1. The number of carbonyl (C=O) groups excluding carboxylic acids is 11. The number of ether oxygens (including phenoxy) is 5. The Morgan fingerprint density at radius 3 is 1.59 bits per heavy atom. The van der Waals surface area contributed by atoms with E-state index < -0.39 is 40.6 Å². The van der Waals surface area contributed by atoms with Gasteiger partial charge in [-0.05, 0) is 139 Å². The first-order chi connectivity index (χ1) is 39.8. The number of hydrogen-bond acceptors (Lipinski definition) is 19. The smallest absolute Gasteiger partial charge is 0.850 e. The third kappa shape index (κ3) is 37.3. The SMILES string of the molecule is C.C1CCOC1.CC(=O)CCC(=O)Cl.CC(C)(C)[O-].CN=P.COC(=O)C1CC(=O)Nc2cc(C)ccc2C1=O.COC(=O)CCC(=O)Nc1cc(C)ccc1C(=O)OC.COC(=O)c1ccc(C)cc1N.Cc1ccc2c(c1)NC(=O)CCC2=O.O.[Li+]. The van der Waals surface area contributed by atoms with Crippen molar-refractivity contribution < 1.29 is 106 Å². The number of rotatable bonds is 10. The van der Waals surface area contributed by atoms with Crippen molar-refractivity contribution in [1.29, 1.82) is 0 Å². The van der Waals surface area contributed by atoms with Crippen LogP contribution in [-0.2, 0) is 57.2 Å². The normalized spacial score (nSPS) is 12.8. The van der Waals surface area contributed by atoms with Crippen LogP contribution in [0.2, 0.25) is 0 Å². The molecule has 23 nitrogen and oxygen atoms in total. The van der Waals surface area contributed by atoms with Gasteiger partial charge in [-0.1, -0.05) is 52.5 Å². The molecule has 0 aromatic heterocycles. The fourth-order valence-electron chi connectivity index (χ4n) is 6.90. The average Bonchev–Trinajstić information content (AvgIpc) is 4.20. The maximum Gasteiger partial charge on any atom is 1.00 e. The van der Waals surface area contributed by atoms with Gasteiger partial charge in [0.1, 0.15) is 11.7 Å². The van der Waals surface area contributed by atoms with E-state index in [2.05, 4.69) is 48.7 Å². The Hall–Kier alpha value is -7.48. The van der Waals surface area contributed by atoms with E-state index in [4.69, 9.17) is 22.1 Å². The Morgan fingerprint density at radius 1 is 0.693 bits per heavy atom. The maximum atomic E-state index is 12.2. The van der Waals surface area contributed by atoms with Crippen LogP contribution in [0.15, 0.2) is 77.5 Å². The summed E-state index contributed by atoms with van der Waals surface area (Å²) in [6.07, 6.45) is 3.37. The number of nitrogens with zero attached hydrogens (tertiary/aromatic N) is 1. The molecule has 0 aliphatic carbocycles. The molecule has 3 heterocycles. The average molecular weight is 1260 g/mol. The molecule has 1 atom stereocenters. The Labute approximate surface area is 535 Å². The van der Waals surface area contributed by atoms with Crippen LogP contribution in [-0.4, -0.2) is 124 Å². The molecule has 3 aliphatic rings. The summed E-state index contributed by atoms with van der Waals surface area (Å²) in [5.41, 5.74) is 12.3. The number of aryl methyl sites for hydroxylation is 4. The molecule has 0 spiro atoms. The summed E-state index contributed by atoms with van der Waals surface area (Å²) in [7, 11) is 9.54. The largest absolute Gasteiger partial charge is 1.00 e. The third-order valence-corrected chi connectivity index (χ3v) is 11.2. The standard InChI is InChI=1S/C14H17NO5.C13H13NO4.C11H11NO2.C9H11NO2.C5H7ClO2.C4H8O.C4H9O.CH4NP.CH4.Li.H2O/c1-9-4-5-10(14(18)20-3)11(8-9)15-12(16)6-7-13(17)19-2;1-7-3-4-8-10(5-7)14-11(15)6-9(12(8)16)13(17)18-2;1-7-2-3-8-9(6-7)12-11(14)5-4-10(8)13;1-6-3-4-7(8(10)5-6)9(11)12-2;1-4(7)2-3-5(6)8;1-2-4-5-3-1;1-4(2,3)5;1-2-3;;;/h4-5,8H,6-7H2,1-3H3,(H,15,16);3-5,9H,6H2,1-2H3,(H,14,15);2-3,6H,4-5H2,1H3,(H,12,14);3-5H,10H2,1-2H3;2-3H2,1H3;1-4H2;1-3H3;3H,1H3;1H4;;1H2/q;;;;;;-1;;;+1;. The minimum Gasteiger partial charge on any atom is -0.850 e. The van der Waals surface area contributed by atoms with Crippen LogP contribution in [0.1, 0.15) is 157 Å². The molecule has 0 saturated carbocycles. The van der Waals surface area contributed by atoms with E-state index in [1.54, 1.807) is 82.4 Å². The first-order valence-electron chi connectivity index (χ1n) is 26.5. The van der Waals surface area contributed by atoms with Gasteiger partial charge in [0.15, 0.2) is 11.6 Å². The van der Waals surface area contributed by atoms with Gasteiger partial charge < -0.3 is 60.7 Å². The van der Waals surface area contributed by atoms with E-state index in [-0.39, 0.29) is 111 Å². The number of nitrogens with one attached hydrogen (secondary N) is 3. The molecule has 4 aromatic rings. The van der Waals surface area contributed by atoms with Crippen molar-refractivity contribution in [3.8, 4) is 0 Å². The topological polar surface area (TPSA) is 363 Å². The minimum absolute atomic E-state index is 0. The zero-order valence-corrected chi connectivity index (χ0v) is 53.9. The fourth-order valence-corrected chi connectivity index (χ4v) is 6.99. The van der Waals surface area contributed by atoms with Gasteiger partial charge >= 0.3 is 42.7 Å². The second kappa shape index (κ2) is 46.6. The maximum absolute atomic E-state index is 12.2. The number of nitrogens with two attached hydrogens (primary N) is 1. The first kappa shape index (κ1) is 87.0. The number of hydrogen-bond donors (Lipinski definition) is 4. The second-order valence-corrected chi connectivity index (χ2v) is 20.6. The molecule has 3 amide bonds. The van der Waals surface area contributed by atoms with Crippen molar-refractivity contribution >= 4 is 108 Å². The number of Topliss-reactive ketones (excluding diaryl/α,β-unsaturated/α-hetero) is 3. The fraction of sp³-hybridized carbons (Fsp3) is 0.435. The van der Waals surface area contributed by atoms with Crippen LogP contribution in [0.3, 0.4) is 0 Å². The van der Waals surface area contributed by atoms with Crippen molar-refractivity contribution in [1.82, 2.24) is 0 Å². The molecule has 88 heavy (non-hydrogen) atoms. The van der Waals surface area contributed by atoms with E-state index in [1.807, 2.05) is 45.9 Å². The molecule has 7 rings (SSSR count). The second-order valence-electron chi connectivity index (χ2n) is 19.7. The summed E-state index contributed by atoms with van der Waals surface area (Å²) >= 11 is 4.93. The van der Waals surface area contributed by atoms with E-state index in [0.29, 0.717) is 45.9 Å². The molecule has 480 valence electrons. The first-order valence-corrected chi connectivity index (χ1v) is 27.4. The summed E-state index contributed by atoms with van der Waals surface area (Å²) in [4.78, 5) is 124. The summed E-state index contributed by atoms with van der Waals surface area (Å²) in [5.74, 6) is -4.27. The Morgan fingerprint density at radius 2 is 1.15 bits per heavy atom. The summed E-state index contributed by atoms with van der Waals surface area (Å²) in [6, 6.07) is 20.8. The molecule has 1 fully saturated rings. The number of anilines is 4. The van der Waals surface area contributed by atoms with Gasteiger partial charge in [-0.25, -0.2) is 9.59 Å². The van der Waals surface area contributed by atoms with Crippen LogP contribution >= 0.6 is 20.6 Å². The van der Waals surface area contributed by atoms with Gasteiger partial charge in [-0.2, -0.15) is 0 Å². The quantitative estimate of drug-likeness (QED) is 0.0266. The van der Waals surface area contributed by atoms with Crippen molar-refractivity contribution in [3.63, 3.8) is 0 Å². The van der Waals surface area contributed by atoms with E-state index >= 15 is 0 Å². The van der Waals surface area contributed by atoms with Gasteiger partial charge in [0.25, 0.3) is 0 Å². The van der Waals surface area contributed by atoms with Gasteiger partial charge in [-0.15, -0.1) is 5.60 Å². The molecule has 0 bridgehead atoms. The number of benzene rings is 4. The summed E-state index contributed by atoms with van der Waals surface area (Å²) in [6.45, 7) is 15.9. The van der Waals surface area contributed by atoms with Crippen LogP contribution in [0.4, 0.5) is 22.7 Å². The predicted molar refractivity (Wildman–Crippen MR) is 335 cm³/mol. The van der Waals surface area contributed by atoms with E-state index in [0.717, 1.165) is 35.5 Å².